The number of aromatic nitrogens is 3. The molecule has 0 aliphatic heterocycles. The van der Waals surface area contributed by atoms with E-state index in [4.69, 9.17) is 0 Å². The van der Waals surface area contributed by atoms with Gasteiger partial charge in [0.2, 0.25) is 0 Å². The fraction of sp³-hybridized carbons (Fsp3) is 0.0625. The zero-order chi connectivity index (χ0) is 16.5. The van der Waals surface area contributed by atoms with E-state index in [9.17, 15) is 4.79 Å². The van der Waals surface area contributed by atoms with E-state index < -0.39 is 0 Å². The molecule has 0 saturated carbocycles. The quantitative estimate of drug-likeness (QED) is 0.586. The Morgan fingerprint density at radius 3 is 3.04 bits per heavy atom. The molecule has 0 saturated heterocycles. The number of hydrogen-bond acceptors (Lipinski definition) is 6. The number of carbonyl (C=O) groups is 1. The van der Waals surface area contributed by atoms with Crippen molar-refractivity contribution in [2.75, 3.05) is 12.4 Å². The van der Waals surface area contributed by atoms with Crippen LogP contribution in [0.5, 0.6) is 0 Å². The topological polar surface area (TPSA) is 71.3 Å². The van der Waals surface area contributed by atoms with Gasteiger partial charge in [0.1, 0.15) is 11.3 Å². The Balaban J connectivity index is 1.59. The van der Waals surface area contributed by atoms with Crippen LogP contribution in [0.3, 0.4) is 0 Å². The van der Waals surface area contributed by atoms with E-state index in [0.717, 1.165) is 27.2 Å². The van der Waals surface area contributed by atoms with E-state index in [1.165, 1.54) is 22.7 Å². The summed E-state index contributed by atoms with van der Waals surface area (Å²) in [7, 11) is 1.62. The third-order valence-corrected chi connectivity index (χ3v) is 5.23. The lowest BCUT2D eigenvalue weighted by molar-refractivity contribution is 0.0967. The molecule has 0 spiro atoms. The highest BCUT2D eigenvalue weighted by Crippen LogP contribution is 2.30. The van der Waals surface area contributed by atoms with Crippen LogP contribution >= 0.6 is 22.7 Å². The molecule has 0 aromatic carbocycles. The number of rotatable bonds is 4. The van der Waals surface area contributed by atoms with Gasteiger partial charge in [-0.05, 0) is 24.3 Å². The van der Waals surface area contributed by atoms with Crippen molar-refractivity contribution in [1.29, 1.82) is 0 Å². The largest absolute Gasteiger partial charge is 0.354 e. The Bertz CT molecular complexity index is 1020. The standard InChI is InChI=1S/C16H13N5OS2/c1-17-15(22)12-5-6-14(24-12)20-16-19-10(9-23-16)11-8-18-13-4-2-3-7-21(11)13/h2-9H,1H3,(H,17,22)(H,19,20). The molecule has 0 aliphatic carbocycles. The van der Waals surface area contributed by atoms with Crippen molar-refractivity contribution in [2.45, 2.75) is 0 Å². The van der Waals surface area contributed by atoms with Gasteiger partial charge in [0.05, 0.1) is 21.8 Å². The summed E-state index contributed by atoms with van der Waals surface area (Å²) in [6.07, 6.45) is 3.79. The van der Waals surface area contributed by atoms with Crippen molar-refractivity contribution < 1.29 is 4.79 Å². The molecule has 0 fully saturated rings. The number of thiazole rings is 1. The highest BCUT2D eigenvalue weighted by Gasteiger charge is 2.11. The molecule has 0 radical (unpaired) electrons. The van der Waals surface area contributed by atoms with E-state index in [1.807, 2.05) is 46.4 Å². The van der Waals surface area contributed by atoms with Gasteiger partial charge in [-0.2, -0.15) is 0 Å². The molecule has 0 atom stereocenters. The van der Waals surface area contributed by atoms with Crippen LogP contribution in [0.25, 0.3) is 17.0 Å². The van der Waals surface area contributed by atoms with Crippen molar-refractivity contribution >= 4 is 44.4 Å². The molecule has 4 rings (SSSR count). The van der Waals surface area contributed by atoms with Crippen molar-refractivity contribution in [3.8, 4) is 11.4 Å². The smallest absolute Gasteiger partial charge is 0.261 e. The minimum atomic E-state index is -0.0846. The summed E-state index contributed by atoms with van der Waals surface area (Å²) >= 11 is 2.91. The number of fused-ring (bicyclic) bond motifs is 1. The average Bonchev–Trinajstić information content (AvgIpc) is 3.33. The van der Waals surface area contributed by atoms with Gasteiger partial charge in [0, 0.05) is 18.6 Å². The van der Waals surface area contributed by atoms with Crippen LogP contribution in [0, 0.1) is 0 Å². The first-order valence-corrected chi connectivity index (χ1v) is 8.91. The summed E-state index contributed by atoms with van der Waals surface area (Å²) in [5.41, 5.74) is 2.71. The fourth-order valence-corrected chi connectivity index (χ4v) is 3.96. The second-order valence-electron chi connectivity index (χ2n) is 4.98. The van der Waals surface area contributed by atoms with Crippen LogP contribution in [-0.4, -0.2) is 27.3 Å². The lowest BCUT2D eigenvalue weighted by Crippen LogP contribution is -2.15. The van der Waals surface area contributed by atoms with Crippen molar-refractivity contribution in [3.63, 3.8) is 0 Å². The SMILES string of the molecule is CNC(=O)c1ccc(Nc2nc(-c3cnc4ccccn34)cs2)s1. The van der Waals surface area contributed by atoms with Crippen LogP contribution in [0.2, 0.25) is 0 Å². The fourth-order valence-electron chi connectivity index (χ4n) is 2.33. The van der Waals surface area contributed by atoms with E-state index >= 15 is 0 Å². The Kier molecular flexibility index (Phi) is 3.75. The third kappa shape index (κ3) is 2.66. The molecular weight excluding hydrogens is 342 g/mol. The first-order valence-electron chi connectivity index (χ1n) is 7.21. The first-order chi connectivity index (χ1) is 11.7. The highest BCUT2D eigenvalue weighted by atomic mass is 32.1. The monoisotopic (exact) mass is 355 g/mol. The molecule has 120 valence electrons. The van der Waals surface area contributed by atoms with Gasteiger partial charge in [-0.1, -0.05) is 6.07 Å². The normalized spacial score (nSPS) is 10.9. The molecule has 24 heavy (non-hydrogen) atoms. The van der Waals surface area contributed by atoms with Crippen molar-refractivity contribution in [3.05, 3.63) is 53.0 Å². The number of carbonyl (C=O) groups excluding carboxylic acids is 1. The lowest BCUT2D eigenvalue weighted by atomic mass is 10.3. The van der Waals surface area contributed by atoms with E-state index in [0.29, 0.717) is 4.88 Å². The summed E-state index contributed by atoms with van der Waals surface area (Å²) in [6.45, 7) is 0. The van der Waals surface area contributed by atoms with E-state index in [-0.39, 0.29) is 5.91 Å². The minimum absolute atomic E-state index is 0.0846. The summed E-state index contributed by atoms with van der Waals surface area (Å²) in [6, 6.07) is 9.56. The molecule has 4 aromatic rings. The maximum atomic E-state index is 11.6. The number of thiophene rings is 1. The number of pyridine rings is 1. The van der Waals surface area contributed by atoms with Crippen LogP contribution in [0.15, 0.2) is 48.1 Å². The van der Waals surface area contributed by atoms with Gasteiger partial charge in [-0.15, -0.1) is 22.7 Å². The minimum Gasteiger partial charge on any atom is -0.354 e. The zero-order valence-corrected chi connectivity index (χ0v) is 14.3. The van der Waals surface area contributed by atoms with E-state index in [2.05, 4.69) is 20.6 Å². The summed E-state index contributed by atoms with van der Waals surface area (Å²) < 4.78 is 2.01. The Hall–Kier alpha value is -2.71. The maximum Gasteiger partial charge on any atom is 0.261 e. The Morgan fingerprint density at radius 2 is 2.17 bits per heavy atom. The van der Waals surface area contributed by atoms with Gasteiger partial charge in [0.25, 0.3) is 5.91 Å². The van der Waals surface area contributed by atoms with Crippen molar-refractivity contribution in [2.24, 2.45) is 0 Å². The molecule has 4 heterocycles. The Labute approximate surface area is 145 Å². The highest BCUT2D eigenvalue weighted by molar-refractivity contribution is 7.18. The van der Waals surface area contributed by atoms with Gasteiger partial charge >= 0.3 is 0 Å². The van der Waals surface area contributed by atoms with Crippen LogP contribution in [-0.2, 0) is 0 Å². The van der Waals surface area contributed by atoms with E-state index in [1.54, 1.807) is 13.1 Å². The van der Waals surface area contributed by atoms with Gasteiger partial charge in [0.15, 0.2) is 5.13 Å². The van der Waals surface area contributed by atoms with Gasteiger partial charge in [-0.3, -0.25) is 9.20 Å². The second-order valence-corrected chi connectivity index (χ2v) is 6.92. The number of nitrogens with zero attached hydrogens (tertiary/aromatic N) is 3. The van der Waals surface area contributed by atoms with Crippen molar-refractivity contribution in [1.82, 2.24) is 19.7 Å². The number of nitrogens with one attached hydrogen (secondary N) is 2. The predicted octanol–water partition coefficient (Wildman–Crippen LogP) is 3.62. The summed E-state index contributed by atoms with van der Waals surface area (Å²) in [5, 5.41) is 9.52. The zero-order valence-electron chi connectivity index (χ0n) is 12.7. The van der Waals surface area contributed by atoms with Crippen LogP contribution < -0.4 is 10.6 Å². The summed E-state index contributed by atoms with van der Waals surface area (Å²) in [4.78, 5) is 21.3. The molecule has 2 N–H and O–H groups in total. The first kappa shape index (κ1) is 14.9. The predicted molar refractivity (Wildman–Crippen MR) is 97.3 cm³/mol. The number of amides is 1. The Morgan fingerprint density at radius 1 is 1.25 bits per heavy atom. The van der Waals surface area contributed by atoms with Crippen LogP contribution in [0.1, 0.15) is 9.67 Å². The van der Waals surface area contributed by atoms with Gasteiger partial charge < -0.3 is 10.6 Å². The van der Waals surface area contributed by atoms with Gasteiger partial charge in [-0.25, -0.2) is 9.97 Å². The molecule has 1 amide bonds. The molecule has 8 heteroatoms. The lowest BCUT2D eigenvalue weighted by Gasteiger charge is -1.98. The number of imidazole rings is 1. The number of anilines is 2. The molecule has 4 aromatic heterocycles. The molecule has 6 nitrogen and oxygen atoms in total. The van der Waals surface area contributed by atoms with Crippen LogP contribution in [0.4, 0.5) is 10.1 Å². The third-order valence-electron chi connectivity index (χ3n) is 3.47. The average molecular weight is 355 g/mol. The molecule has 0 bridgehead atoms. The molecule has 0 unspecified atom stereocenters. The number of hydrogen-bond donors (Lipinski definition) is 2. The molecule has 0 aliphatic rings. The second kappa shape index (κ2) is 6.06. The maximum absolute atomic E-state index is 11.6. The molecular formula is C16H13N5OS2. The summed E-state index contributed by atoms with van der Waals surface area (Å²) in [5.74, 6) is -0.0846.